The van der Waals surface area contributed by atoms with Crippen LogP contribution in [0.25, 0.3) is 0 Å². The first-order valence-electron chi connectivity index (χ1n) is 7.17. The van der Waals surface area contributed by atoms with Crippen LogP contribution in [-0.4, -0.2) is 15.2 Å². The summed E-state index contributed by atoms with van der Waals surface area (Å²) >= 11 is 6.13. The third-order valence-electron chi connectivity index (χ3n) is 3.33. The highest BCUT2D eigenvalue weighted by molar-refractivity contribution is 6.33. The van der Waals surface area contributed by atoms with Gasteiger partial charge in [-0.2, -0.15) is 10.1 Å². The number of hydrogen-bond donors (Lipinski definition) is 2. The molecule has 0 fully saturated rings. The molecule has 0 aliphatic heterocycles. The third-order valence-corrected chi connectivity index (χ3v) is 3.66. The average Bonchev–Trinajstić information content (AvgIpc) is 2.54. The number of aryl methyl sites for hydroxylation is 2. The SMILES string of the molecule is Cc1ccc(C)c(Nc2cnnc(Nc3ccccc3Cl)n2)c1. The Labute approximate surface area is 139 Å². The minimum Gasteiger partial charge on any atom is -0.339 e. The molecule has 0 spiro atoms. The first kappa shape index (κ1) is 15.2. The van der Waals surface area contributed by atoms with Crippen molar-refractivity contribution in [1.29, 1.82) is 0 Å². The molecule has 0 aliphatic rings. The first-order chi connectivity index (χ1) is 11.1. The molecule has 0 saturated carbocycles. The van der Waals surface area contributed by atoms with Crippen molar-refractivity contribution in [3.63, 3.8) is 0 Å². The Hall–Kier alpha value is -2.66. The second-order valence-electron chi connectivity index (χ2n) is 5.21. The van der Waals surface area contributed by atoms with E-state index >= 15 is 0 Å². The molecule has 116 valence electrons. The summed E-state index contributed by atoms with van der Waals surface area (Å²) in [6.07, 6.45) is 1.58. The molecule has 23 heavy (non-hydrogen) atoms. The maximum absolute atomic E-state index is 6.13. The van der Waals surface area contributed by atoms with Crippen molar-refractivity contribution < 1.29 is 0 Å². The highest BCUT2D eigenvalue weighted by Crippen LogP contribution is 2.24. The molecule has 0 radical (unpaired) electrons. The number of anilines is 4. The molecule has 0 amide bonds. The lowest BCUT2D eigenvalue weighted by atomic mass is 10.1. The van der Waals surface area contributed by atoms with Crippen LogP contribution < -0.4 is 10.6 Å². The van der Waals surface area contributed by atoms with Crippen LogP contribution in [0.4, 0.5) is 23.1 Å². The Morgan fingerprint density at radius 1 is 0.957 bits per heavy atom. The van der Waals surface area contributed by atoms with Gasteiger partial charge in [0.05, 0.1) is 16.9 Å². The monoisotopic (exact) mass is 325 g/mol. The van der Waals surface area contributed by atoms with Gasteiger partial charge in [-0.05, 0) is 43.2 Å². The van der Waals surface area contributed by atoms with Gasteiger partial charge < -0.3 is 10.6 Å². The highest BCUT2D eigenvalue weighted by Gasteiger charge is 2.05. The fourth-order valence-corrected chi connectivity index (χ4v) is 2.29. The van der Waals surface area contributed by atoms with Gasteiger partial charge in [0.15, 0.2) is 5.82 Å². The summed E-state index contributed by atoms with van der Waals surface area (Å²) in [5.74, 6) is 0.997. The minimum absolute atomic E-state index is 0.383. The van der Waals surface area contributed by atoms with Gasteiger partial charge in [0.1, 0.15) is 0 Å². The minimum atomic E-state index is 0.383. The molecule has 5 nitrogen and oxygen atoms in total. The molecule has 0 saturated heterocycles. The van der Waals surface area contributed by atoms with Crippen molar-refractivity contribution in [2.24, 2.45) is 0 Å². The summed E-state index contributed by atoms with van der Waals surface area (Å²) in [6, 6.07) is 13.6. The normalized spacial score (nSPS) is 10.4. The Morgan fingerprint density at radius 3 is 2.61 bits per heavy atom. The second kappa shape index (κ2) is 6.62. The van der Waals surface area contributed by atoms with E-state index in [4.69, 9.17) is 11.6 Å². The van der Waals surface area contributed by atoms with Crippen molar-refractivity contribution in [1.82, 2.24) is 15.2 Å². The van der Waals surface area contributed by atoms with E-state index in [0.717, 1.165) is 16.9 Å². The second-order valence-corrected chi connectivity index (χ2v) is 5.62. The maximum Gasteiger partial charge on any atom is 0.249 e. The molecular weight excluding hydrogens is 310 g/mol. The Bertz CT molecular complexity index is 835. The summed E-state index contributed by atoms with van der Waals surface area (Å²) in [5, 5.41) is 14.9. The van der Waals surface area contributed by atoms with E-state index in [2.05, 4.69) is 44.0 Å². The van der Waals surface area contributed by atoms with Crippen LogP contribution in [0.1, 0.15) is 11.1 Å². The molecular formula is C17H16ClN5. The van der Waals surface area contributed by atoms with Crippen molar-refractivity contribution in [2.45, 2.75) is 13.8 Å². The fourth-order valence-electron chi connectivity index (χ4n) is 2.11. The number of nitrogens with zero attached hydrogens (tertiary/aromatic N) is 3. The summed E-state index contributed by atoms with van der Waals surface area (Å²) in [5.41, 5.74) is 4.04. The topological polar surface area (TPSA) is 62.7 Å². The van der Waals surface area contributed by atoms with Gasteiger partial charge in [-0.25, -0.2) is 0 Å². The van der Waals surface area contributed by atoms with Gasteiger partial charge in [-0.15, -0.1) is 5.10 Å². The van der Waals surface area contributed by atoms with Crippen molar-refractivity contribution >= 4 is 34.7 Å². The van der Waals surface area contributed by atoms with Gasteiger partial charge in [0, 0.05) is 5.69 Å². The zero-order valence-electron chi connectivity index (χ0n) is 12.8. The third kappa shape index (κ3) is 3.76. The van der Waals surface area contributed by atoms with E-state index < -0.39 is 0 Å². The van der Waals surface area contributed by atoms with Gasteiger partial charge in [-0.3, -0.25) is 0 Å². The predicted octanol–water partition coefficient (Wildman–Crippen LogP) is 4.63. The summed E-state index contributed by atoms with van der Waals surface area (Å²) in [7, 11) is 0. The number of hydrogen-bond acceptors (Lipinski definition) is 5. The van der Waals surface area contributed by atoms with E-state index in [1.807, 2.05) is 32.0 Å². The van der Waals surface area contributed by atoms with E-state index in [1.54, 1.807) is 12.3 Å². The molecule has 0 unspecified atom stereocenters. The lowest BCUT2D eigenvalue weighted by Gasteiger charge is -2.11. The van der Waals surface area contributed by atoms with Gasteiger partial charge in [0.25, 0.3) is 0 Å². The molecule has 1 heterocycles. The smallest absolute Gasteiger partial charge is 0.249 e. The highest BCUT2D eigenvalue weighted by atomic mass is 35.5. The van der Waals surface area contributed by atoms with Crippen molar-refractivity contribution in [3.05, 3.63) is 64.8 Å². The molecule has 6 heteroatoms. The number of nitrogens with one attached hydrogen (secondary N) is 2. The van der Waals surface area contributed by atoms with Crippen LogP contribution in [0.3, 0.4) is 0 Å². The molecule has 3 rings (SSSR count). The number of para-hydroxylation sites is 1. The van der Waals surface area contributed by atoms with Crippen LogP contribution in [0.5, 0.6) is 0 Å². The average molecular weight is 326 g/mol. The lowest BCUT2D eigenvalue weighted by molar-refractivity contribution is 0.982. The van der Waals surface area contributed by atoms with Crippen molar-refractivity contribution in [3.8, 4) is 0 Å². The maximum atomic E-state index is 6.13. The van der Waals surface area contributed by atoms with Gasteiger partial charge in [0.2, 0.25) is 5.95 Å². The standard InChI is InChI=1S/C17H16ClN5/c1-11-7-8-12(2)15(9-11)20-16-10-19-23-17(22-16)21-14-6-4-3-5-13(14)18/h3-10H,1-2H3,(H2,20,21,22,23). The summed E-state index contributed by atoms with van der Waals surface area (Å²) in [6.45, 7) is 4.09. The molecule has 2 aromatic carbocycles. The molecule has 0 atom stereocenters. The Morgan fingerprint density at radius 2 is 1.78 bits per heavy atom. The van der Waals surface area contributed by atoms with Gasteiger partial charge in [-0.1, -0.05) is 35.9 Å². The number of aromatic nitrogens is 3. The number of rotatable bonds is 4. The molecule has 2 N–H and O–H groups in total. The number of halogens is 1. The van der Waals surface area contributed by atoms with Gasteiger partial charge >= 0.3 is 0 Å². The summed E-state index contributed by atoms with van der Waals surface area (Å²) < 4.78 is 0. The molecule has 0 bridgehead atoms. The van der Waals surface area contributed by atoms with Crippen molar-refractivity contribution in [2.75, 3.05) is 10.6 Å². The summed E-state index contributed by atoms with van der Waals surface area (Å²) in [4.78, 5) is 4.42. The fraction of sp³-hybridized carbons (Fsp3) is 0.118. The van der Waals surface area contributed by atoms with E-state index in [0.29, 0.717) is 16.8 Å². The Balaban J connectivity index is 1.83. The van der Waals surface area contributed by atoms with Crippen LogP contribution in [0, 0.1) is 13.8 Å². The zero-order valence-corrected chi connectivity index (χ0v) is 13.6. The van der Waals surface area contributed by atoms with E-state index in [9.17, 15) is 0 Å². The van der Waals surface area contributed by atoms with Crippen LogP contribution in [-0.2, 0) is 0 Å². The zero-order chi connectivity index (χ0) is 16.2. The quantitative estimate of drug-likeness (QED) is 0.732. The molecule has 3 aromatic rings. The van der Waals surface area contributed by atoms with Crippen LogP contribution >= 0.6 is 11.6 Å². The number of benzene rings is 2. The largest absolute Gasteiger partial charge is 0.339 e. The molecule has 0 aliphatic carbocycles. The molecule has 1 aromatic heterocycles. The first-order valence-corrected chi connectivity index (χ1v) is 7.55. The van der Waals surface area contributed by atoms with Crippen LogP contribution in [0.2, 0.25) is 5.02 Å². The van der Waals surface area contributed by atoms with E-state index in [-0.39, 0.29) is 0 Å². The Kier molecular flexibility index (Phi) is 4.39. The van der Waals surface area contributed by atoms with E-state index in [1.165, 1.54) is 5.56 Å². The lowest BCUT2D eigenvalue weighted by Crippen LogP contribution is -2.03. The van der Waals surface area contributed by atoms with Crippen LogP contribution in [0.15, 0.2) is 48.7 Å². The predicted molar refractivity (Wildman–Crippen MR) is 93.8 cm³/mol.